The first-order valence-electron chi connectivity index (χ1n) is 3.78. The highest BCUT2D eigenvalue weighted by atomic mass is 35.5. The first-order chi connectivity index (χ1) is 6.54. The average molecular weight is 219 g/mol. The van der Waals surface area contributed by atoms with Crippen molar-refractivity contribution in [2.24, 2.45) is 0 Å². The maximum Gasteiger partial charge on any atom is 0.307 e. The lowest BCUT2D eigenvalue weighted by Gasteiger charge is -2.06. The summed E-state index contributed by atoms with van der Waals surface area (Å²) in [4.78, 5) is 10.4. The molecule has 1 aromatic rings. The Morgan fingerprint density at radius 3 is 2.79 bits per heavy atom. The van der Waals surface area contributed by atoms with Gasteiger partial charge in [-0.2, -0.15) is 0 Å². The topological polar surface area (TPSA) is 46.5 Å². The Balaban J connectivity index is 3.10. The predicted octanol–water partition coefficient (Wildman–Crippen LogP) is 2.11. The van der Waals surface area contributed by atoms with Crippen LogP contribution in [0, 0.1) is 5.82 Å². The van der Waals surface area contributed by atoms with Crippen molar-refractivity contribution in [2.45, 2.75) is 6.42 Å². The zero-order chi connectivity index (χ0) is 10.7. The molecule has 1 rings (SSSR count). The third-order valence-corrected chi connectivity index (χ3v) is 2.01. The van der Waals surface area contributed by atoms with Gasteiger partial charge in [0.15, 0.2) is 11.6 Å². The quantitative estimate of drug-likeness (QED) is 0.845. The Morgan fingerprint density at radius 2 is 2.29 bits per heavy atom. The lowest BCUT2D eigenvalue weighted by Crippen LogP contribution is -2.02. The molecule has 5 heteroatoms. The van der Waals surface area contributed by atoms with Crippen LogP contribution in [0.25, 0.3) is 0 Å². The number of methoxy groups -OCH3 is 1. The minimum absolute atomic E-state index is 0.00866. The molecule has 0 saturated heterocycles. The Morgan fingerprint density at radius 1 is 1.64 bits per heavy atom. The van der Waals surface area contributed by atoms with Crippen LogP contribution in [0.5, 0.6) is 5.75 Å². The molecule has 0 aliphatic heterocycles. The molecule has 0 aliphatic rings. The number of rotatable bonds is 3. The highest BCUT2D eigenvalue weighted by Gasteiger charge is 2.11. The summed E-state index contributed by atoms with van der Waals surface area (Å²) < 4.78 is 17.7. The van der Waals surface area contributed by atoms with Crippen LogP contribution >= 0.6 is 11.6 Å². The van der Waals surface area contributed by atoms with E-state index in [4.69, 9.17) is 21.4 Å². The maximum absolute atomic E-state index is 13.0. The van der Waals surface area contributed by atoms with E-state index in [1.807, 2.05) is 0 Å². The van der Waals surface area contributed by atoms with Crippen LogP contribution in [0.4, 0.5) is 4.39 Å². The Labute approximate surface area is 85.1 Å². The van der Waals surface area contributed by atoms with Gasteiger partial charge < -0.3 is 9.84 Å². The minimum Gasteiger partial charge on any atom is -0.494 e. The molecule has 0 aromatic heterocycles. The van der Waals surface area contributed by atoms with E-state index in [2.05, 4.69) is 0 Å². The van der Waals surface area contributed by atoms with Crippen LogP contribution in [0.15, 0.2) is 12.1 Å². The van der Waals surface area contributed by atoms with Gasteiger partial charge in [0.2, 0.25) is 0 Å². The first-order valence-corrected chi connectivity index (χ1v) is 4.16. The summed E-state index contributed by atoms with van der Waals surface area (Å²) in [6.07, 6.45) is -0.254. The smallest absolute Gasteiger partial charge is 0.307 e. The van der Waals surface area contributed by atoms with Gasteiger partial charge in [0.1, 0.15) is 0 Å². The van der Waals surface area contributed by atoms with Gasteiger partial charge in [0.05, 0.1) is 13.5 Å². The standard InChI is InChI=1S/C9H8ClFO3/c1-14-8-2-5(3-9(12)13)6(10)4-7(8)11/h2,4H,3H2,1H3,(H,12,13). The number of ether oxygens (including phenoxy) is 1. The summed E-state index contributed by atoms with van der Waals surface area (Å²) in [6.45, 7) is 0. The monoisotopic (exact) mass is 218 g/mol. The van der Waals surface area contributed by atoms with E-state index < -0.39 is 11.8 Å². The Hall–Kier alpha value is -1.29. The molecule has 0 unspecified atom stereocenters. The predicted molar refractivity (Wildman–Crippen MR) is 49.3 cm³/mol. The molecule has 0 atom stereocenters. The molecule has 14 heavy (non-hydrogen) atoms. The van der Waals surface area contributed by atoms with E-state index in [1.165, 1.54) is 13.2 Å². The van der Waals surface area contributed by atoms with E-state index in [1.54, 1.807) is 0 Å². The molecule has 0 saturated carbocycles. The molecule has 0 bridgehead atoms. The maximum atomic E-state index is 13.0. The second-order valence-corrected chi connectivity index (χ2v) is 3.06. The lowest BCUT2D eigenvalue weighted by molar-refractivity contribution is -0.136. The van der Waals surface area contributed by atoms with Gasteiger partial charge in [0.25, 0.3) is 0 Å². The van der Waals surface area contributed by atoms with Crippen molar-refractivity contribution in [2.75, 3.05) is 7.11 Å². The summed E-state index contributed by atoms with van der Waals surface area (Å²) in [7, 11) is 1.30. The van der Waals surface area contributed by atoms with Crippen molar-refractivity contribution in [1.82, 2.24) is 0 Å². The number of aliphatic carboxylic acids is 1. The summed E-state index contributed by atoms with van der Waals surface area (Å²) in [5.74, 6) is -1.64. The third-order valence-electron chi connectivity index (χ3n) is 1.66. The second-order valence-electron chi connectivity index (χ2n) is 2.65. The SMILES string of the molecule is COc1cc(CC(=O)O)c(Cl)cc1F. The van der Waals surface area contributed by atoms with Gasteiger partial charge in [-0.3, -0.25) is 4.79 Å². The minimum atomic E-state index is -1.03. The van der Waals surface area contributed by atoms with Crippen molar-refractivity contribution in [1.29, 1.82) is 0 Å². The number of carboxylic acids is 1. The summed E-state index contributed by atoms with van der Waals surface area (Å²) >= 11 is 5.64. The highest BCUT2D eigenvalue weighted by Crippen LogP contribution is 2.25. The van der Waals surface area contributed by atoms with Crippen LogP contribution in [0.2, 0.25) is 5.02 Å². The largest absolute Gasteiger partial charge is 0.494 e. The molecule has 0 radical (unpaired) electrons. The molecular formula is C9H8ClFO3. The van der Waals surface area contributed by atoms with Crippen molar-refractivity contribution in [3.63, 3.8) is 0 Å². The number of benzene rings is 1. The number of carboxylic acid groups (broad SMARTS) is 1. The van der Waals surface area contributed by atoms with Gasteiger partial charge in [-0.1, -0.05) is 11.6 Å². The van der Waals surface area contributed by atoms with E-state index in [0.29, 0.717) is 5.56 Å². The van der Waals surface area contributed by atoms with Gasteiger partial charge >= 0.3 is 5.97 Å². The molecule has 0 amide bonds. The average Bonchev–Trinajstić information content (AvgIpc) is 2.09. The zero-order valence-electron chi connectivity index (χ0n) is 7.38. The fraction of sp³-hybridized carbons (Fsp3) is 0.222. The number of carbonyl (C=O) groups is 1. The summed E-state index contributed by atoms with van der Waals surface area (Å²) in [5, 5.41) is 8.62. The van der Waals surface area contributed by atoms with E-state index in [0.717, 1.165) is 6.07 Å². The number of hydrogen-bond acceptors (Lipinski definition) is 2. The van der Waals surface area contributed by atoms with Gasteiger partial charge in [0, 0.05) is 5.02 Å². The number of halogens is 2. The molecule has 76 valence electrons. The van der Waals surface area contributed by atoms with Crippen LogP contribution < -0.4 is 4.74 Å². The Bertz CT molecular complexity index is 365. The zero-order valence-corrected chi connectivity index (χ0v) is 8.14. The molecular weight excluding hydrogens is 211 g/mol. The molecule has 1 N–H and O–H groups in total. The fourth-order valence-electron chi connectivity index (χ4n) is 1.03. The van der Waals surface area contributed by atoms with E-state index in [-0.39, 0.29) is 17.2 Å². The van der Waals surface area contributed by atoms with Crippen molar-refractivity contribution < 1.29 is 19.0 Å². The highest BCUT2D eigenvalue weighted by molar-refractivity contribution is 6.31. The fourth-order valence-corrected chi connectivity index (χ4v) is 1.24. The third kappa shape index (κ3) is 2.35. The van der Waals surface area contributed by atoms with E-state index in [9.17, 15) is 9.18 Å². The molecule has 0 fully saturated rings. The van der Waals surface area contributed by atoms with Crippen molar-refractivity contribution in [3.8, 4) is 5.75 Å². The van der Waals surface area contributed by atoms with Gasteiger partial charge in [-0.25, -0.2) is 4.39 Å². The van der Waals surface area contributed by atoms with Crippen LogP contribution in [-0.2, 0) is 11.2 Å². The molecule has 1 aromatic carbocycles. The van der Waals surface area contributed by atoms with Gasteiger partial charge in [-0.15, -0.1) is 0 Å². The van der Waals surface area contributed by atoms with Gasteiger partial charge in [-0.05, 0) is 17.7 Å². The summed E-state index contributed by atoms with van der Waals surface area (Å²) in [5.41, 5.74) is 0.331. The van der Waals surface area contributed by atoms with Crippen molar-refractivity contribution in [3.05, 3.63) is 28.5 Å². The summed E-state index contributed by atoms with van der Waals surface area (Å²) in [6, 6.07) is 2.32. The first kappa shape index (κ1) is 10.8. The lowest BCUT2D eigenvalue weighted by atomic mass is 10.1. The molecule has 0 aliphatic carbocycles. The second kappa shape index (κ2) is 4.28. The van der Waals surface area contributed by atoms with Crippen LogP contribution in [0.3, 0.4) is 0 Å². The molecule has 0 spiro atoms. The van der Waals surface area contributed by atoms with E-state index >= 15 is 0 Å². The normalized spacial score (nSPS) is 9.93. The van der Waals surface area contributed by atoms with Crippen LogP contribution in [0.1, 0.15) is 5.56 Å². The Kier molecular flexibility index (Phi) is 3.30. The van der Waals surface area contributed by atoms with Crippen LogP contribution in [-0.4, -0.2) is 18.2 Å². The van der Waals surface area contributed by atoms with Crippen molar-refractivity contribution >= 4 is 17.6 Å². The molecule has 3 nitrogen and oxygen atoms in total. The molecule has 0 heterocycles. The number of hydrogen-bond donors (Lipinski definition) is 1.